The molecule has 0 aliphatic heterocycles. The largest absolute Gasteiger partial charge is 0.456 e. The van der Waals surface area contributed by atoms with E-state index in [0.29, 0.717) is 0 Å². The van der Waals surface area contributed by atoms with Crippen LogP contribution in [0.15, 0.2) is 180 Å². The molecular weight excluding hydrogens is 558 g/mol. The second-order valence-corrected chi connectivity index (χ2v) is 11.8. The number of benzene rings is 8. The summed E-state index contributed by atoms with van der Waals surface area (Å²) in [5, 5.41) is 7.15. The molecule has 2 nitrogen and oxygen atoms in total. The Morgan fingerprint density at radius 2 is 0.870 bits per heavy atom. The summed E-state index contributed by atoms with van der Waals surface area (Å²) < 4.78 is 6.19. The van der Waals surface area contributed by atoms with E-state index in [4.69, 9.17) is 4.42 Å². The smallest absolute Gasteiger partial charge is 0.136 e. The zero-order valence-corrected chi connectivity index (χ0v) is 25.1. The van der Waals surface area contributed by atoms with E-state index in [1.165, 1.54) is 43.8 Å². The van der Waals surface area contributed by atoms with Crippen LogP contribution in [0, 0.1) is 0 Å². The summed E-state index contributed by atoms with van der Waals surface area (Å²) in [4.78, 5) is 2.34. The average molecular weight is 588 g/mol. The Bertz CT molecular complexity index is 2510. The molecule has 0 aliphatic rings. The van der Waals surface area contributed by atoms with Crippen LogP contribution in [0.2, 0.25) is 0 Å². The average Bonchev–Trinajstić information content (AvgIpc) is 3.49. The first kappa shape index (κ1) is 26.3. The molecular formula is C44H29NO. The van der Waals surface area contributed by atoms with Gasteiger partial charge in [0.2, 0.25) is 0 Å². The first-order valence-electron chi connectivity index (χ1n) is 15.7. The molecule has 0 saturated heterocycles. The highest BCUT2D eigenvalue weighted by atomic mass is 16.3. The van der Waals surface area contributed by atoms with E-state index in [1.54, 1.807) is 0 Å². The molecule has 0 unspecified atom stereocenters. The Kier molecular flexibility index (Phi) is 6.17. The van der Waals surface area contributed by atoms with Gasteiger partial charge in [0.05, 0.1) is 0 Å². The highest BCUT2D eigenvalue weighted by Crippen LogP contribution is 2.39. The van der Waals surface area contributed by atoms with Crippen LogP contribution in [0.5, 0.6) is 0 Å². The summed E-state index contributed by atoms with van der Waals surface area (Å²) in [5.74, 6) is 0. The van der Waals surface area contributed by atoms with Gasteiger partial charge in [-0.05, 0) is 104 Å². The number of rotatable bonds is 5. The van der Waals surface area contributed by atoms with E-state index in [-0.39, 0.29) is 0 Å². The van der Waals surface area contributed by atoms with Crippen molar-refractivity contribution in [2.45, 2.75) is 0 Å². The zero-order chi connectivity index (χ0) is 30.5. The molecule has 8 aromatic carbocycles. The van der Waals surface area contributed by atoms with Crippen molar-refractivity contribution in [3.05, 3.63) is 176 Å². The first-order valence-corrected chi connectivity index (χ1v) is 15.7. The lowest BCUT2D eigenvalue weighted by Crippen LogP contribution is -2.09. The van der Waals surface area contributed by atoms with Crippen molar-refractivity contribution in [1.29, 1.82) is 0 Å². The fourth-order valence-electron chi connectivity index (χ4n) is 6.65. The molecule has 2 heteroatoms. The van der Waals surface area contributed by atoms with Gasteiger partial charge < -0.3 is 9.32 Å². The normalized spacial score (nSPS) is 11.5. The quantitative estimate of drug-likeness (QED) is 0.199. The summed E-state index contributed by atoms with van der Waals surface area (Å²) in [6.07, 6.45) is 0. The van der Waals surface area contributed by atoms with Crippen LogP contribution in [0.1, 0.15) is 0 Å². The lowest BCUT2D eigenvalue weighted by molar-refractivity contribution is 0.669. The van der Waals surface area contributed by atoms with Crippen molar-refractivity contribution in [2.75, 3.05) is 4.90 Å². The Hall–Kier alpha value is -6.12. The van der Waals surface area contributed by atoms with Crippen molar-refractivity contribution in [3.8, 4) is 22.3 Å². The molecule has 0 amide bonds. The summed E-state index contributed by atoms with van der Waals surface area (Å²) in [7, 11) is 0. The van der Waals surface area contributed by atoms with Gasteiger partial charge in [-0.25, -0.2) is 0 Å². The Morgan fingerprint density at radius 1 is 0.304 bits per heavy atom. The maximum absolute atomic E-state index is 6.19. The molecule has 1 aromatic heterocycles. The fourth-order valence-corrected chi connectivity index (χ4v) is 6.65. The molecule has 0 spiro atoms. The SMILES string of the molecule is c1ccc(-c2ccc(N(c3ccc(-c4ccc5cc6c(cc5c4)oc4ccccc46)cc3)c3ccc4ccccc4c3)cc2)cc1. The van der Waals surface area contributed by atoms with Gasteiger partial charge in [0.15, 0.2) is 0 Å². The Balaban J connectivity index is 1.10. The summed E-state index contributed by atoms with van der Waals surface area (Å²) in [5.41, 5.74) is 9.97. The van der Waals surface area contributed by atoms with Crippen molar-refractivity contribution >= 4 is 60.5 Å². The first-order chi connectivity index (χ1) is 22.8. The van der Waals surface area contributed by atoms with E-state index < -0.39 is 0 Å². The van der Waals surface area contributed by atoms with Gasteiger partial charge in [0, 0.05) is 27.8 Å². The standard InChI is InChI=1S/C44H29NO/c1-2-8-30(9-3-1)32-16-21-38(22-17-32)45(40-25-20-31-10-4-5-11-34(31)27-40)39-23-18-33(19-24-39)35-14-15-36-28-42-41-12-6-7-13-43(41)46-44(42)29-37(36)26-35/h1-29H. The number of hydrogen-bond donors (Lipinski definition) is 0. The number of hydrogen-bond acceptors (Lipinski definition) is 2. The highest BCUT2D eigenvalue weighted by molar-refractivity contribution is 6.10. The van der Waals surface area contributed by atoms with Crippen LogP contribution in [-0.2, 0) is 0 Å². The number of para-hydroxylation sites is 1. The van der Waals surface area contributed by atoms with E-state index in [1.807, 2.05) is 12.1 Å². The molecule has 0 saturated carbocycles. The zero-order valence-electron chi connectivity index (χ0n) is 25.1. The third-order valence-electron chi connectivity index (χ3n) is 9.02. The topological polar surface area (TPSA) is 16.4 Å². The van der Waals surface area contributed by atoms with Crippen LogP contribution in [0.3, 0.4) is 0 Å². The van der Waals surface area contributed by atoms with Crippen LogP contribution in [-0.4, -0.2) is 0 Å². The predicted octanol–water partition coefficient (Wildman–Crippen LogP) is 12.7. The van der Waals surface area contributed by atoms with Gasteiger partial charge in [-0.2, -0.15) is 0 Å². The van der Waals surface area contributed by atoms with Crippen LogP contribution < -0.4 is 4.90 Å². The second kappa shape index (κ2) is 10.8. The Labute approximate surface area is 267 Å². The van der Waals surface area contributed by atoms with Gasteiger partial charge in [0.1, 0.15) is 11.2 Å². The van der Waals surface area contributed by atoms with Gasteiger partial charge >= 0.3 is 0 Å². The van der Waals surface area contributed by atoms with Crippen molar-refractivity contribution < 1.29 is 4.42 Å². The number of nitrogens with zero attached hydrogens (tertiary/aromatic N) is 1. The van der Waals surface area contributed by atoms with Gasteiger partial charge in [-0.15, -0.1) is 0 Å². The number of anilines is 3. The lowest BCUT2D eigenvalue weighted by Gasteiger charge is -2.26. The van der Waals surface area contributed by atoms with Gasteiger partial charge in [0.25, 0.3) is 0 Å². The van der Waals surface area contributed by atoms with Crippen LogP contribution >= 0.6 is 0 Å². The molecule has 9 rings (SSSR count). The van der Waals surface area contributed by atoms with E-state index >= 15 is 0 Å². The molecule has 46 heavy (non-hydrogen) atoms. The molecule has 0 fully saturated rings. The van der Waals surface area contributed by atoms with Gasteiger partial charge in [-0.3, -0.25) is 0 Å². The number of furan rings is 1. The monoisotopic (exact) mass is 587 g/mol. The summed E-state index contributed by atoms with van der Waals surface area (Å²) >= 11 is 0. The van der Waals surface area contributed by atoms with Crippen molar-refractivity contribution in [1.82, 2.24) is 0 Å². The molecule has 0 bridgehead atoms. The molecule has 1 heterocycles. The molecule has 216 valence electrons. The fraction of sp³-hybridized carbons (Fsp3) is 0. The molecule has 0 aliphatic carbocycles. The minimum atomic E-state index is 0.922. The lowest BCUT2D eigenvalue weighted by atomic mass is 9.99. The minimum absolute atomic E-state index is 0.922. The molecule has 0 N–H and O–H groups in total. The second-order valence-electron chi connectivity index (χ2n) is 11.8. The van der Waals surface area contributed by atoms with E-state index in [9.17, 15) is 0 Å². The maximum Gasteiger partial charge on any atom is 0.136 e. The Morgan fingerprint density at radius 3 is 1.65 bits per heavy atom. The minimum Gasteiger partial charge on any atom is -0.456 e. The molecule has 0 radical (unpaired) electrons. The predicted molar refractivity (Wildman–Crippen MR) is 194 cm³/mol. The summed E-state index contributed by atoms with van der Waals surface area (Å²) in [6, 6.07) is 62.9. The number of fused-ring (bicyclic) bond motifs is 5. The third-order valence-corrected chi connectivity index (χ3v) is 9.02. The highest BCUT2D eigenvalue weighted by Gasteiger charge is 2.15. The van der Waals surface area contributed by atoms with E-state index in [0.717, 1.165) is 39.0 Å². The molecule has 0 atom stereocenters. The van der Waals surface area contributed by atoms with Crippen LogP contribution in [0.4, 0.5) is 17.1 Å². The van der Waals surface area contributed by atoms with Crippen molar-refractivity contribution in [3.63, 3.8) is 0 Å². The van der Waals surface area contributed by atoms with E-state index in [2.05, 4.69) is 169 Å². The molecule has 9 aromatic rings. The third kappa shape index (κ3) is 4.60. The van der Waals surface area contributed by atoms with Crippen LogP contribution in [0.25, 0.3) is 65.7 Å². The van der Waals surface area contributed by atoms with Crippen molar-refractivity contribution in [2.24, 2.45) is 0 Å². The maximum atomic E-state index is 6.19. The van der Waals surface area contributed by atoms with Gasteiger partial charge in [-0.1, -0.05) is 115 Å². The summed E-state index contributed by atoms with van der Waals surface area (Å²) in [6.45, 7) is 0.